The Morgan fingerprint density at radius 3 is 2.70 bits per heavy atom. The maximum absolute atomic E-state index is 12.1. The lowest BCUT2D eigenvalue weighted by Crippen LogP contribution is -2.57. The summed E-state index contributed by atoms with van der Waals surface area (Å²) in [7, 11) is 0. The van der Waals surface area contributed by atoms with Crippen molar-refractivity contribution in [2.75, 3.05) is 13.2 Å². The van der Waals surface area contributed by atoms with Crippen molar-refractivity contribution in [1.82, 2.24) is 4.90 Å². The Kier molecular flexibility index (Phi) is 5.04. The van der Waals surface area contributed by atoms with Crippen molar-refractivity contribution in [3.05, 3.63) is 36.0 Å². The molecule has 0 aromatic carbocycles. The third kappa shape index (κ3) is 3.52. The molecule has 1 saturated heterocycles. The molecule has 0 atom stereocenters. The molecular weight excluding hydrogens is 290 g/mol. The maximum Gasteiger partial charge on any atom is 0.261 e. The van der Waals surface area contributed by atoms with Gasteiger partial charge in [-0.05, 0) is 57.7 Å². The number of ketones is 1. The average molecular weight is 319 g/mol. The van der Waals surface area contributed by atoms with Gasteiger partial charge < -0.3 is 9.15 Å². The largest absolute Gasteiger partial charge is 0.490 e. The van der Waals surface area contributed by atoms with E-state index in [0.29, 0.717) is 18.9 Å². The van der Waals surface area contributed by atoms with Gasteiger partial charge in [0.05, 0.1) is 13.2 Å². The molecule has 23 heavy (non-hydrogen) atoms. The maximum atomic E-state index is 12.1. The lowest BCUT2D eigenvalue weighted by atomic mass is 9.68. The summed E-state index contributed by atoms with van der Waals surface area (Å²) < 4.78 is 10.9. The molecule has 0 N–H and O–H groups in total. The van der Waals surface area contributed by atoms with Gasteiger partial charge in [0.2, 0.25) is 0 Å². The van der Waals surface area contributed by atoms with E-state index in [1.165, 1.54) is 12.8 Å². The van der Waals surface area contributed by atoms with Crippen LogP contribution in [0.3, 0.4) is 0 Å². The predicted molar refractivity (Wildman–Crippen MR) is 91.3 cm³/mol. The highest BCUT2D eigenvalue weighted by atomic mass is 16.5. The molecule has 1 aromatic rings. The summed E-state index contributed by atoms with van der Waals surface area (Å²) in [6, 6.07) is 3.59. The summed E-state index contributed by atoms with van der Waals surface area (Å²) >= 11 is 0. The molecule has 2 rings (SSSR count). The number of carbonyl (C=O) groups excluding carboxylic acids is 1. The molecule has 4 heteroatoms. The van der Waals surface area contributed by atoms with E-state index in [1.807, 2.05) is 13.0 Å². The van der Waals surface area contributed by atoms with E-state index in [0.717, 1.165) is 12.3 Å². The van der Waals surface area contributed by atoms with Crippen molar-refractivity contribution in [3.63, 3.8) is 0 Å². The fourth-order valence-electron chi connectivity index (χ4n) is 3.15. The molecule has 0 spiro atoms. The molecule has 0 aliphatic carbocycles. The van der Waals surface area contributed by atoms with Crippen LogP contribution in [-0.4, -0.2) is 29.4 Å². The molecule has 1 aliphatic heterocycles. The monoisotopic (exact) mass is 319 g/mol. The van der Waals surface area contributed by atoms with Gasteiger partial charge in [0.25, 0.3) is 5.78 Å². The van der Waals surface area contributed by atoms with Gasteiger partial charge in [-0.15, -0.1) is 0 Å². The van der Waals surface area contributed by atoms with E-state index < -0.39 is 0 Å². The van der Waals surface area contributed by atoms with Crippen LogP contribution in [0.1, 0.15) is 63.8 Å². The first-order chi connectivity index (χ1) is 10.7. The molecule has 1 fully saturated rings. The first-order valence-electron chi connectivity index (χ1n) is 8.39. The number of hydrogen-bond donors (Lipinski definition) is 0. The SMILES string of the molecule is C=C(OCC)C(=O)c1ccc(CN2CCCC(C)(C)C2(C)C)o1. The molecule has 1 aliphatic rings. The standard InChI is InChI=1S/C19H29NO3/c1-7-22-14(2)17(21)16-10-9-15(23-16)13-20-12-8-11-18(3,4)19(20,5)6/h9-10H,2,7-8,11-13H2,1,3-6H3. The van der Waals surface area contributed by atoms with Gasteiger partial charge in [-0.2, -0.15) is 0 Å². The third-order valence-corrected chi connectivity index (χ3v) is 5.48. The summed E-state index contributed by atoms with van der Waals surface area (Å²) in [6.07, 6.45) is 2.41. The van der Waals surface area contributed by atoms with Gasteiger partial charge in [0.1, 0.15) is 5.76 Å². The third-order valence-electron chi connectivity index (χ3n) is 5.48. The second-order valence-electron chi connectivity index (χ2n) is 7.42. The lowest BCUT2D eigenvalue weighted by molar-refractivity contribution is -0.0393. The molecule has 0 radical (unpaired) electrons. The fourth-order valence-corrected chi connectivity index (χ4v) is 3.15. The molecule has 128 valence electrons. The van der Waals surface area contributed by atoms with Crippen LogP contribution in [0.2, 0.25) is 0 Å². The summed E-state index contributed by atoms with van der Waals surface area (Å²) in [5.74, 6) is 0.958. The van der Waals surface area contributed by atoms with Crippen molar-refractivity contribution in [2.24, 2.45) is 5.41 Å². The van der Waals surface area contributed by atoms with Crippen molar-refractivity contribution in [3.8, 4) is 0 Å². The Bertz CT molecular complexity index is 583. The number of ether oxygens (including phenoxy) is 1. The van der Waals surface area contributed by atoms with Gasteiger partial charge in [0, 0.05) is 5.54 Å². The van der Waals surface area contributed by atoms with Crippen molar-refractivity contribution in [1.29, 1.82) is 0 Å². The minimum Gasteiger partial charge on any atom is -0.490 e. The van der Waals surface area contributed by atoms with Crippen LogP contribution in [0.25, 0.3) is 0 Å². The van der Waals surface area contributed by atoms with Crippen LogP contribution in [0.4, 0.5) is 0 Å². The van der Waals surface area contributed by atoms with Crippen LogP contribution < -0.4 is 0 Å². The topological polar surface area (TPSA) is 42.7 Å². The zero-order valence-electron chi connectivity index (χ0n) is 15.1. The van der Waals surface area contributed by atoms with E-state index in [9.17, 15) is 4.79 Å². The van der Waals surface area contributed by atoms with Crippen LogP contribution in [0, 0.1) is 5.41 Å². The molecule has 2 heterocycles. The highest BCUT2D eigenvalue weighted by Crippen LogP contribution is 2.43. The number of nitrogens with zero attached hydrogens (tertiary/aromatic N) is 1. The quantitative estimate of drug-likeness (QED) is 0.442. The van der Waals surface area contributed by atoms with Gasteiger partial charge in [-0.25, -0.2) is 0 Å². The lowest BCUT2D eigenvalue weighted by Gasteiger charge is -2.53. The molecule has 4 nitrogen and oxygen atoms in total. The summed E-state index contributed by atoms with van der Waals surface area (Å²) in [4.78, 5) is 14.6. The second-order valence-corrected chi connectivity index (χ2v) is 7.42. The minimum absolute atomic E-state index is 0.0805. The normalized spacial score (nSPS) is 20.2. The number of allylic oxidation sites excluding steroid dienone is 1. The number of Topliss-reactive ketones (excluding diaryl/α,β-unsaturated/α-hetero) is 1. The molecule has 0 saturated carbocycles. The average Bonchev–Trinajstić information content (AvgIpc) is 2.92. The minimum atomic E-state index is -0.281. The molecular formula is C19H29NO3. The van der Waals surface area contributed by atoms with Gasteiger partial charge >= 0.3 is 0 Å². The number of furan rings is 1. The summed E-state index contributed by atoms with van der Waals surface area (Å²) in [6.45, 7) is 16.9. The van der Waals surface area contributed by atoms with Crippen LogP contribution in [-0.2, 0) is 11.3 Å². The fraction of sp³-hybridized carbons (Fsp3) is 0.632. The van der Waals surface area contributed by atoms with Crippen LogP contribution >= 0.6 is 0 Å². The van der Waals surface area contributed by atoms with Crippen molar-refractivity contribution < 1.29 is 13.9 Å². The highest BCUT2D eigenvalue weighted by molar-refractivity contribution is 6.04. The van der Waals surface area contributed by atoms with Crippen LogP contribution in [0.5, 0.6) is 0 Å². The zero-order chi connectivity index (χ0) is 17.3. The molecule has 0 amide bonds. The Labute approximate surface area is 139 Å². The highest BCUT2D eigenvalue weighted by Gasteiger charge is 2.44. The van der Waals surface area contributed by atoms with Gasteiger partial charge in [-0.1, -0.05) is 20.4 Å². The Morgan fingerprint density at radius 1 is 1.35 bits per heavy atom. The zero-order valence-corrected chi connectivity index (χ0v) is 15.1. The van der Waals surface area contributed by atoms with E-state index >= 15 is 0 Å². The van der Waals surface area contributed by atoms with E-state index in [1.54, 1.807) is 6.07 Å². The van der Waals surface area contributed by atoms with Crippen molar-refractivity contribution >= 4 is 5.78 Å². The molecule has 0 unspecified atom stereocenters. The Balaban J connectivity index is 2.10. The van der Waals surface area contributed by atoms with Crippen molar-refractivity contribution in [2.45, 2.75) is 59.5 Å². The number of hydrogen-bond acceptors (Lipinski definition) is 4. The van der Waals surface area contributed by atoms with Crippen LogP contribution in [0.15, 0.2) is 28.9 Å². The van der Waals surface area contributed by atoms with E-state index in [2.05, 4.69) is 39.2 Å². The first-order valence-corrected chi connectivity index (χ1v) is 8.39. The van der Waals surface area contributed by atoms with E-state index in [-0.39, 0.29) is 22.5 Å². The smallest absolute Gasteiger partial charge is 0.261 e. The Hall–Kier alpha value is -1.55. The van der Waals surface area contributed by atoms with Gasteiger partial charge in [0.15, 0.2) is 11.5 Å². The predicted octanol–water partition coefficient (Wildman–Crippen LogP) is 4.41. The number of piperidine rings is 1. The van der Waals surface area contributed by atoms with Gasteiger partial charge in [-0.3, -0.25) is 9.69 Å². The number of carbonyl (C=O) groups is 1. The molecule has 0 bridgehead atoms. The summed E-state index contributed by atoms with van der Waals surface area (Å²) in [5, 5.41) is 0. The number of likely N-dealkylation sites (tertiary alicyclic amines) is 1. The first kappa shape index (κ1) is 17.8. The summed E-state index contributed by atoms with van der Waals surface area (Å²) in [5.41, 5.74) is 0.330. The number of rotatable bonds is 6. The Morgan fingerprint density at radius 2 is 2.04 bits per heavy atom. The second kappa shape index (κ2) is 6.52. The van der Waals surface area contributed by atoms with E-state index in [4.69, 9.17) is 9.15 Å². The molecule has 1 aromatic heterocycles.